The van der Waals surface area contributed by atoms with Crippen molar-refractivity contribution in [2.75, 3.05) is 37.6 Å². The van der Waals surface area contributed by atoms with E-state index < -0.39 is 0 Å². The average Bonchev–Trinajstić information content (AvgIpc) is 2.74. The molecule has 1 fully saturated rings. The highest BCUT2D eigenvalue weighted by Crippen LogP contribution is 2.23. The molecule has 0 saturated carbocycles. The summed E-state index contributed by atoms with van der Waals surface area (Å²) in [7, 11) is 0. The Labute approximate surface area is 156 Å². The highest BCUT2D eigenvalue weighted by atomic mass is 15.3. The van der Waals surface area contributed by atoms with E-state index in [2.05, 4.69) is 95.9 Å². The SMILES string of the molecule is c1ccc(C(C[NH+]2CCN(c3ccccc3)CC2)c2ccccc2)cc1. The first-order chi connectivity index (χ1) is 12.9. The fourth-order valence-corrected chi connectivity index (χ4v) is 4.01. The largest absolute Gasteiger partial charge is 0.360 e. The molecule has 0 unspecified atom stereocenters. The molecule has 26 heavy (non-hydrogen) atoms. The van der Waals surface area contributed by atoms with E-state index in [0.29, 0.717) is 5.92 Å². The summed E-state index contributed by atoms with van der Waals surface area (Å²) in [6, 6.07) is 32.8. The molecule has 2 nitrogen and oxygen atoms in total. The maximum atomic E-state index is 2.52. The Balaban J connectivity index is 1.46. The molecule has 3 aromatic carbocycles. The van der Waals surface area contributed by atoms with Crippen LogP contribution in [0.3, 0.4) is 0 Å². The molecule has 0 spiro atoms. The van der Waals surface area contributed by atoms with Crippen molar-refractivity contribution in [2.24, 2.45) is 0 Å². The zero-order valence-electron chi connectivity index (χ0n) is 15.2. The van der Waals surface area contributed by atoms with Gasteiger partial charge < -0.3 is 9.80 Å². The first-order valence-corrected chi connectivity index (χ1v) is 9.63. The van der Waals surface area contributed by atoms with Crippen LogP contribution in [0.2, 0.25) is 0 Å². The Morgan fingerprint density at radius 1 is 0.654 bits per heavy atom. The number of piperazine rings is 1. The highest BCUT2D eigenvalue weighted by molar-refractivity contribution is 5.46. The van der Waals surface area contributed by atoms with Gasteiger partial charge in [0.1, 0.15) is 0 Å². The van der Waals surface area contributed by atoms with Crippen LogP contribution in [0.1, 0.15) is 17.0 Å². The summed E-state index contributed by atoms with van der Waals surface area (Å²) < 4.78 is 0. The lowest BCUT2D eigenvalue weighted by Gasteiger charge is -2.35. The third-order valence-electron chi connectivity index (χ3n) is 5.49. The van der Waals surface area contributed by atoms with Gasteiger partial charge in [-0.3, -0.25) is 0 Å². The lowest BCUT2D eigenvalue weighted by molar-refractivity contribution is -0.901. The molecule has 132 valence electrons. The van der Waals surface area contributed by atoms with Gasteiger partial charge in [-0.1, -0.05) is 78.9 Å². The summed E-state index contributed by atoms with van der Waals surface area (Å²) in [6.45, 7) is 5.83. The van der Waals surface area contributed by atoms with Crippen LogP contribution in [-0.4, -0.2) is 32.7 Å². The van der Waals surface area contributed by atoms with Gasteiger partial charge in [0.2, 0.25) is 0 Å². The molecule has 0 bridgehead atoms. The molecular weight excluding hydrogens is 316 g/mol. The second-order valence-corrected chi connectivity index (χ2v) is 7.15. The number of hydrogen-bond donors (Lipinski definition) is 1. The number of benzene rings is 3. The Kier molecular flexibility index (Phi) is 5.32. The minimum atomic E-state index is 0.468. The van der Waals surface area contributed by atoms with Crippen LogP contribution in [0, 0.1) is 0 Å². The first-order valence-electron chi connectivity index (χ1n) is 9.63. The summed E-state index contributed by atoms with van der Waals surface area (Å²) in [4.78, 5) is 4.22. The maximum absolute atomic E-state index is 2.52. The van der Waals surface area contributed by atoms with Crippen LogP contribution < -0.4 is 9.80 Å². The Hall–Kier alpha value is -2.58. The van der Waals surface area contributed by atoms with E-state index in [9.17, 15) is 0 Å². The predicted molar refractivity (Wildman–Crippen MR) is 109 cm³/mol. The molecule has 4 rings (SSSR count). The van der Waals surface area contributed by atoms with Crippen LogP contribution in [0.5, 0.6) is 0 Å². The molecule has 1 heterocycles. The van der Waals surface area contributed by atoms with Crippen molar-refractivity contribution >= 4 is 5.69 Å². The van der Waals surface area contributed by atoms with Gasteiger partial charge in [0, 0.05) is 5.69 Å². The molecule has 3 aromatic rings. The third-order valence-corrected chi connectivity index (χ3v) is 5.49. The minimum Gasteiger partial charge on any atom is -0.360 e. The summed E-state index contributed by atoms with van der Waals surface area (Å²) in [5, 5.41) is 0. The van der Waals surface area contributed by atoms with Crippen LogP contribution in [0.25, 0.3) is 0 Å². The topological polar surface area (TPSA) is 7.68 Å². The summed E-state index contributed by atoms with van der Waals surface area (Å²) in [5.74, 6) is 0.468. The average molecular weight is 343 g/mol. The van der Waals surface area contributed by atoms with Crippen LogP contribution in [-0.2, 0) is 0 Å². The second kappa shape index (κ2) is 8.20. The van der Waals surface area contributed by atoms with E-state index in [4.69, 9.17) is 0 Å². The quantitative estimate of drug-likeness (QED) is 0.747. The van der Waals surface area contributed by atoms with E-state index >= 15 is 0 Å². The van der Waals surface area contributed by atoms with E-state index in [-0.39, 0.29) is 0 Å². The van der Waals surface area contributed by atoms with Crippen LogP contribution in [0.4, 0.5) is 5.69 Å². The van der Waals surface area contributed by atoms with Crippen molar-refractivity contribution in [3.05, 3.63) is 102 Å². The molecule has 1 aliphatic rings. The Morgan fingerprint density at radius 3 is 1.62 bits per heavy atom. The van der Waals surface area contributed by atoms with Gasteiger partial charge in [-0.2, -0.15) is 0 Å². The number of nitrogens with zero attached hydrogens (tertiary/aromatic N) is 1. The van der Waals surface area contributed by atoms with Crippen molar-refractivity contribution in [1.82, 2.24) is 0 Å². The molecule has 1 aliphatic heterocycles. The third kappa shape index (κ3) is 3.97. The smallest absolute Gasteiger partial charge is 0.0949 e. The van der Waals surface area contributed by atoms with Crippen molar-refractivity contribution in [3.63, 3.8) is 0 Å². The van der Waals surface area contributed by atoms with Crippen molar-refractivity contribution in [3.8, 4) is 0 Å². The van der Waals surface area contributed by atoms with Gasteiger partial charge in [-0.15, -0.1) is 0 Å². The van der Waals surface area contributed by atoms with Gasteiger partial charge in [-0.05, 0) is 23.3 Å². The van der Waals surface area contributed by atoms with Crippen molar-refractivity contribution in [1.29, 1.82) is 0 Å². The maximum Gasteiger partial charge on any atom is 0.0949 e. The molecule has 0 amide bonds. The number of quaternary nitrogens is 1. The fraction of sp³-hybridized carbons (Fsp3) is 0.250. The first kappa shape index (κ1) is 16.9. The summed E-state index contributed by atoms with van der Waals surface area (Å²) in [6.07, 6.45) is 0. The molecule has 2 heteroatoms. The van der Waals surface area contributed by atoms with Crippen molar-refractivity contribution < 1.29 is 4.90 Å². The van der Waals surface area contributed by atoms with Crippen LogP contribution >= 0.6 is 0 Å². The molecule has 0 aromatic heterocycles. The van der Waals surface area contributed by atoms with Gasteiger partial charge >= 0.3 is 0 Å². The van der Waals surface area contributed by atoms with E-state index in [1.165, 1.54) is 29.9 Å². The monoisotopic (exact) mass is 343 g/mol. The van der Waals surface area contributed by atoms with E-state index in [1.807, 2.05) is 0 Å². The molecular formula is C24H27N2+. The highest BCUT2D eigenvalue weighted by Gasteiger charge is 2.25. The Morgan fingerprint density at radius 2 is 1.12 bits per heavy atom. The molecule has 1 saturated heterocycles. The number of anilines is 1. The summed E-state index contributed by atoms with van der Waals surface area (Å²) in [5.41, 5.74) is 4.21. The molecule has 0 aliphatic carbocycles. The Bertz CT molecular complexity index is 739. The van der Waals surface area contributed by atoms with E-state index in [0.717, 1.165) is 19.6 Å². The van der Waals surface area contributed by atoms with Gasteiger partial charge in [0.25, 0.3) is 0 Å². The van der Waals surface area contributed by atoms with Crippen molar-refractivity contribution in [2.45, 2.75) is 5.92 Å². The number of hydrogen-bond acceptors (Lipinski definition) is 1. The minimum absolute atomic E-state index is 0.468. The number of rotatable bonds is 5. The van der Waals surface area contributed by atoms with Gasteiger partial charge in [0.15, 0.2) is 0 Å². The second-order valence-electron chi connectivity index (χ2n) is 7.15. The van der Waals surface area contributed by atoms with Crippen LogP contribution in [0.15, 0.2) is 91.0 Å². The summed E-state index contributed by atoms with van der Waals surface area (Å²) >= 11 is 0. The lowest BCUT2D eigenvalue weighted by Crippen LogP contribution is -3.15. The molecule has 0 atom stereocenters. The molecule has 0 radical (unpaired) electrons. The van der Waals surface area contributed by atoms with Gasteiger partial charge in [-0.25, -0.2) is 0 Å². The normalized spacial score (nSPS) is 15.3. The predicted octanol–water partition coefficient (Wildman–Crippen LogP) is 3.22. The zero-order valence-corrected chi connectivity index (χ0v) is 15.2. The standard InChI is InChI=1S/C24H26N2/c1-4-10-21(11-5-1)24(22-12-6-2-7-13-22)20-25-16-18-26(19-17-25)23-14-8-3-9-15-23/h1-15,24H,16-20H2/p+1. The lowest BCUT2D eigenvalue weighted by atomic mass is 9.90. The zero-order chi connectivity index (χ0) is 17.6. The fourth-order valence-electron chi connectivity index (χ4n) is 4.01. The number of para-hydroxylation sites is 1. The number of nitrogens with one attached hydrogen (secondary N) is 1. The van der Waals surface area contributed by atoms with Gasteiger partial charge in [0.05, 0.1) is 38.6 Å². The van der Waals surface area contributed by atoms with E-state index in [1.54, 1.807) is 4.90 Å². The molecule has 1 N–H and O–H groups in total.